The monoisotopic (exact) mass is 167 g/mol. The first kappa shape index (κ1) is 8.22. The van der Waals surface area contributed by atoms with Crippen molar-refractivity contribution in [2.75, 3.05) is 6.26 Å². The fourth-order valence-electron chi connectivity index (χ4n) is 0.878. The number of hydrogen-bond donors (Lipinski definition) is 0. The molecular formula is C8H9NOS. The first-order valence-electron chi connectivity index (χ1n) is 3.30. The molecule has 3 heteroatoms. The summed E-state index contributed by atoms with van der Waals surface area (Å²) in [7, 11) is 0. The summed E-state index contributed by atoms with van der Waals surface area (Å²) in [6.07, 6.45) is 5.87. The highest BCUT2D eigenvalue weighted by molar-refractivity contribution is 7.98. The molecule has 0 saturated carbocycles. The molecular weight excluding hydrogens is 158 g/mol. The van der Waals surface area contributed by atoms with Crippen molar-refractivity contribution < 1.29 is 4.42 Å². The average Bonchev–Trinajstić information content (AvgIpc) is 2.52. The summed E-state index contributed by atoms with van der Waals surface area (Å²) in [6, 6.07) is 4.05. The van der Waals surface area contributed by atoms with Gasteiger partial charge in [0.2, 0.25) is 0 Å². The van der Waals surface area contributed by atoms with E-state index in [4.69, 9.17) is 9.68 Å². The highest BCUT2D eigenvalue weighted by Crippen LogP contribution is 2.29. The number of nitriles is 1. The molecule has 0 aliphatic rings. The molecule has 1 heterocycles. The SMILES string of the molecule is CSC(CC#N)c1ccoc1. The fraction of sp³-hybridized carbons (Fsp3) is 0.375. The van der Waals surface area contributed by atoms with E-state index in [0.717, 1.165) is 5.56 Å². The first-order valence-corrected chi connectivity index (χ1v) is 4.59. The predicted octanol–water partition coefficient (Wildman–Crippen LogP) is 2.60. The lowest BCUT2D eigenvalue weighted by molar-refractivity contribution is 0.563. The summed E-state index contributed by atoms with van der Waals surface area (Å²) < 4.78 is 4.92. The molecule has 1 aromatic rings. The van der Waals surface area contributed by atoms with Gasteiger partial charge in [-0.15, -0.1) is 0 Å². The first-order chi connectivity index (χ1) is 5.38. The molecule has 0 saturated heterocycles. The lowest BCUT2D eigenvalue weighted by Gasteiger charge is -2.05. The zero-order valence-electron chi connectivity index (χ0n) is 6.28. The van der Waals surface area contributed by atoms with Gasteiger partial charge >= 0.3 is 0 Å². The van der Waals surface area contributed by atoms with Crippen LogP contribution in [0, 0.1) is 11.3 Å². The number of rotatable bonds is 3. The van der Waals surface area contributed by atoms with Gasteiger partial charge in [0.25, 0.3) is 0 Å². The molecule has 2 nitrogen and oxygen atoms in total. The van der Waals surface area contributed by atoms with Crippen molar-refractivity contribution in [2.24, 2.45) is 0 Å². The minimum Gasteiger partial charge on any atom is -0.472 e. The van der Waals surface area contributed by atoms with Crippen LogP contribution in [0.1, 0.15) is 17.2 Å². The molecule has 1 atom stereocenters. The maximum absolute atomic E-state index is 8.47. The van der Waals surface area contributed by atoms with Crippen molar-refractivity contribution in [3.8, 4) is 6.07 Å². The van der Waals surface area contributed by atoms with Crippen LogP contribution >= 0.6 is 11.8 Å². The lowest BCUT2D eigenvalue weighted by atomic mass is 10.2. The van der Waals surface area contributed by atoms with E-state index in [1.54, 1.807) is 24.3 Å². The van der Waals surface area contributed by atoms with Gasteiger partial charge in [0.1, 0.15) is 0 Å². The van der Waals surface area contributed by atoms with E-state index < -0.39 is 0 Å². The Labute approximate surface area is 70.2 Å². The molecule has 0 spiro atoms. The van der Waals surface area contributed by atoms with Crippen molar-refractivity contribution in [1.29, 1.82) is 5.26 Å². The Morgan fingerprint density at radius 1 is 1.82 bits per heavy atom. The molecule has 1 unspecified atom stereocenters. The second-order valence-electron chi connectivity index (χ2n) is 2.14. The Bertz CT molecular complexity index is 237. The summed E-state index contributed by atoms with van der Waals surface area (Å²) in [4.78, 5) is 0. The fourth-order valence-corrected chi connectivity index (χ4v) is 1.53. The van der Waals surface area contributed by atoms with Crippen LogP contribution in [0.2, 0.25) is 0 Å². The van der Waals surface area contributed by atoms with Crippen molar-refractivity contribution in [2.45, 2.75) is 11.7 Å². The molecule has 0 aliphatic heterocycles. The molecule has 0 amide bonds. The quantitative estimate of drug-likeness (QED) is 0.694. The van der Waals surface area contributed by atoms with Crippen molar-refractivity contribution in [3.63, 3.8) is 0 Å². The third kappa shape index (κ3) is 2.02. The van der Waals surface area contributed by atoms with E-state index in [1.807, 2.05) is 12.3 Å². The Morgan fingerprint density at radius 3 is 3.09 bits per heavy atom. The summed E-state index contributed by atoms with van der Waals surface area (Å²) in [6.45, 7) is 0. The number of thioether (sulfide) groups is 1. The third-order valence-electron chi connectivity index (χ3n) is 1.48. The van der Waals surface area contributed by atoms with E-state index in [0.29, 0.717) is 6.42 Å². The van der Waals surface area contributed by atoms with Gasteiger partial charge < -0.3 is 4.42 Å². The second-order valence-corrected chi connectivity index (χ2v) is 3.18. The van der Waals surface area contributed by atoms with Crippen LogP contribution < -0.4 is 0 Å². The molecule has 0 bridgehead atoms. The largest absolute Gasteiger partial charge is 0.472 e. The minimum absolute atomic E-state index is 0.263. The smallest absolute Gasteiger partial charge is 0.0946 e. The standard InChI is InChI=1S/C8H9NOS/c1-11-8(2-4-9)7-3-5-10-6-7/h3,5-6,8H,2H2,1H3. The molecule has 0 radical (unpaired) electrons. The van der Waals surface area contributed by atoms with Crippen molar-refractivity contribution in [1.82, 2.24) is 0 Å². The van der Waals surface area contributed by atoms with Gasteiger partial charge in [-0.1, -0.05) is 0 Å². The topological polar surface area (TPSA) is 36.9 Å². The van der Waals surface area contributed by atoms with E-state index >= 15 is 0 Å². The summed E-state index contributed by atoms with van der Waals surface area (Å²) >= 11 is 1.67. The zero-order chi connectivity index (χ0) is 8.10. The van der Waals surface area contributed by atoms with E-state index in [-0.39, 0.29) is 5.25 Å². The van der Waals surface area contributed by atoms with Gasteiger partial charge in [-0.05, 0) is 12.3 Å². The Kier molecular flexibility index (Phi) is 3.06. The van der Waals surface area contributed by atoms with Crippen LogP contribution in [-0.2, 0) is 0 Å². The molecule has 1 aromatic heterocycles. The van der Waals surface area contributed by atoms with E-state index in [2.05, 4.69) is 6.07 Å². The Morgan fingerprint density at radius 2 is 2.64 bits per heavy atom. The second kappa shape index (κ2) is 4.09. The molecule has 0 aliphatic carbocycles. The van der Waals surface area contributed by atoms with Crippen LogP contribution in [0.25, 0.3) is 0 Å². The number of furan rings is 1. The number of hydrogen-bond acceptors (Lipinski definition) is 3. The van der Waals surface area contributed by atoms with E-state index in [1.165, 1.54) is 0 Å². The van der Waals surface area contributed by atoms with Gasteiger partial charge in [0.15, 0.2) is 0 Å². The Hall–Kier alpha value is -0.880. The highest BCUT2D eigenvalue weighted by atomic mass is 32.2. The van der Waals surface area contributed by atoms with Crippen LogP contribution in [0.3, 0.4) is 0 Å². The van der Waals surface area contributed by atoms with Crippen LogP contribution in [-0.4, -0.2) is 6.26 Å². The summed E-state index contributed by atoms with van der Waals surface area (Å²) in [5.74, 6) is 0. The molecule has 0 fully saturated rings. The summed E-state index contributed by atoms with van der Waals surface area (Å²) in [5.41, 5.74) is 1.10. The maximum Gasteiger partial charge on any atom is 0.0946 e. The highest BCUT2D eigenvalue weighted by Gasteiger charge is 2.09. The van der Waals surface area contributed by atoms with Crippen LogP contribution in [0.5, 0.6) is 0 Å². The van der Waals surface area contributed by atoms with Crippen LogP contribution in [0.15, 0.2) is 23.0 Å². The molecule has 11 heavy (non-hydrogen) atoms. The van der Waals surface area contributed by atoms with Gasteiger partial charge in [0, 0.05) is 10.8 Å². The van der Waals surface area contributed by atoms with Crippen molar-refractivity contribution in [3.05, 3.63) is 24.2 Å². The average molecular weight is 167 g/mol. The zero-order valence-corrected chi connectivity index (χ0v) is 7.10. The minimum atomic E-state index is 0.263. The summed E-state index contributed by atoms with van der Waals surface area (Å²) in [5, 5.41) is 8.74. The van der Waals surface area contributed by atoms with Gasteiger partial charge in [0.05, 0.1) is 25.0 Å². The molecule has 1 rings (SSSR count). The van der Waals surface area contributed by atoms with Gasteiger partial charge in [-0.3, -0.25) is 0 Å². The molecule has 58 valence electrons. The van der Waals surface area contributed by atoms with Gasteiger partial charge in [-0.2, -0.15) is 17.0 Å². The molecule has 0 N–H and O–H groups in total. The lowest BCUT2D eigenvalue weighted by Crippen LogP contribution is -1.88. The maximum atomic E-state index is 8.47. The normalized spacial score (nSPS) is 12.4. The predicted molar refractivity (Wildman–Crippen MR) is 45.2 cm³/mol. The Balaban J connectivity index is 2.65. The number of nitrogens with zero attached hydrogens (tertiary/aromatic N) is 1. The van der Waals surface area contributed by atoms with Crippen LogP contribution in [0.4, 0.5) is 0 Å². The third-order valence-corrected chi connectivity index (χ3v) is 2.48. The van der Waals surface area contributed by atoms with Gasteiger partial charge in [-0.25, -0.2) is 0 Å². The van der Waals surface area contributed by atoms with Crippen molar-refractivity contribution >= 4 is 11.8 Å². The molecule has 0 aromatic carbocycles. The van der Waals surface area contributed by atoms with E-state index in [9.17, 15) is 0 Å².